The molecule has 3 saturated heterocycles. The molecule has 2 aromatic rings. The molecule has 0 aromatic heterocycles. The number of amides is 1. The van der Waals surface area contributed by atoms with Crippen molar-refractivity contribution in [3.05, 3.63) is 47.5 Å². The molecule has 36 heavy (non-hydrogen) atoms. The van der Waals surface area contributed by atoms with Crippen LogP contribution in [0.25, 0.3) is 11.1 Å². The van der Waals surface area contributed by atoms with Gasteiger partial charge in [-0.15, -0.1) is 0 Å². The van der Waals surface area contributed by atoms with Crippen LogP contribution in [0.15, 0.2) is 36.4 Å². The summed E-state index contributed by atoms with van der Waals surface area (Å²) in [4.78, 5) is 15.5. The molecule has 0 unspecified atom stereocenters. The van der Waals surface area contributed by atoms with E-state index in [2.05, 4.69) is 48.3 Å². The SMILES string of the molecule is CCOc1cc2c(cc1-c1ccc(OC(C)C)cc1)CC(C)(C)[C@H]2NC(=O)O[C@H]1CN2CCC1CC2. The lowest BCUT2D eigenvalue weighted by molar-refractivity contribution is -0.0349. The second-order valence-electron chi connectivity index (χ2n) is 11.5. The van der Waals surface area contributed by atoms with E-state index in [9.17, 15) is 4.79 Å². The number of piperidine rings is 3. The Morgan fingerprint density at radius 3 is 2.47 bits per heavy atom. The van der Waals surface area contributed by atoms with Crippen LogP contribution in [-0.4, -0.2) is 49.4 Å². The van der Waals surface area contributed by atoms with Crippen LogP contribution in [0.5, 0.6) is 11.5 Å². The number of rotatable bonds is 7. The highest BCUT2D eigenvalue weighted by atomic mass is 16.6. The van der Waals surface area contributed by atoms with Gasteiger partial charge in [0.2, 0.25) is 0 Å². The zero-order valence-corrected chi connectivity index (χ0v) is 22.3. The van der Waals surface area contributed by atoms with Crippen molar-refractivity contribution in [2.75, 3.05) is 26.2 Å². The van der Waals surface area contributed by atoms with Gasteiger partial charge in [-0.25, -0.2) is 4.79 Å². The van der Waals surface area contributed by atoms with Gasteiger partial charge in [0, 0.05) is 12.1 Å². The summed E-state index contributed by atoms with van der Waals surface area (Å²) in [5, 5.41) is 3.23. The predicted octanol–water partition coefficient (Wildman–Crippen LogP) is 5.98. The molecule has 0 spiro atoms. The van der Waals surface area contributed by atoms with E-state index in [1.165, 1.54) is 5.56 Å². The third kappa shape index (κ3) is 5.06. The molecule has 3 heterocycles. The van der Waals surface area contributed by atoms with E-state index in [1.54, 1.807) is 0 Å². The Balaban J connectivity index is 1.38. The van der Waals surface area contributed by atoms with Crippen molar-refractivity contribution < 1.29 is 19.0 Å². The van der Waals surface area contributed by atoms with Crippen LogP contribution in [-0.2, 0) is 11.2 Å². The van der Waals surface area contributed by atoms with Gasteiger partial charge in [-0.3, -0.25) is 4.90 Å². The first kappa shape index (κ1) is 24.9. The Hall–Kier alpha value is -2.73. The summed E-state index contributed by atoms with van der Waals surface area (Å²) in [5.74, 6) is 2.19. The number of ether oxygens (including phenoxy) is 3. The zero-order chi connectivity index (χ0) is 25.4. The summed E-state index contributed by atoms with van der Waals surface area (Å²) in [5.41, 5.74) is 4.39. The van der Waals surface area contributed by atoms with Crippen molar-refractivity contribution >= 4 is 6.09 Å². The molecule has 2 atom stereocenters. The Labute approximate surface area is 215 Å². The third-order valence-electron chi connectivity index (χ3n) is 7.93. The molecular weight excluding hydrogens is 452 g/mol. The van der Waals surface area contributed by atoms with Crippen molar-refractivity contribution in [3.63, 3.8) is 0 Å². The first-order valence-corrected chi connectivity index (χ1v) is 13.5. The van der Waals surface area contributed by atoms with Crippen LogP contribution in [0.3, 0.4) is 0 Å². The van der Waals surface area contributed by atoms with Crippen LogP contribution in [0, 0.1) is 11.3 Å². The third-order valence-corrected chi connectivity index (χ3v) is 7.93. The lowest BCUT2D eigenvalue weighted by Crippen LogP contribution is -2.53. The summed E-state index contributed by atoms with van der Waals surface area (Å²) in [6.07, 6.45) is 2.96. The standard InChI is InChI=1S/C30H40N2O4/c1-6-34-26-16-25-22(15-24(26)20-7-9-23(10-8-20)35-19(2)3)17-30(4,5)28(25)31-29(33)36-27-18-32-13-11-21(27)12-14-32/h7-10,15-16,19,21,27-28H,6,11-14,17-18H2,1-5H3,(H,31,33)/t27-,28-/m0/s1. The lowest BCUT2D eigenvalue weighted by atomic mass is 9.85. The molecule has 2 aromatic carbocycles. The van der Waals surface area contributed by atoms with E-state index < -0.39 is 0 Å². The molecule has 6 heteroatoms. The van der Waals surface area contributed by atoms with Crippen molar-refractivity contribution in [2.45, 2.75) is 72.1 Å². The number of alkyl carbamates (subject to hydrolysis) is 1. The number of benzene rings is 2. The molecule has 4 aliphatic rings. The lowest BCUT2D eigenvalue weighted by Gasteiger charge is -2.44. The van der Waals surface area contributed by atoms with Crippen molar-refractivity contribution in [3.8, 4) is 22.6 Å². The van der Waals surface area contributed by atoms with Crippen LogP contribution < -0.4 is 14.8 Å². The number of nitrogens with zero attached hydrogens (tertiary/aromatic N) is 1. The van der Waals surface area contributed by atoms with Crippen molar-refractivity contribution in [1.82, 2.24) is 10.2 Å². The number of nitrogens with one attached hydrogen (secondary N) is 1. The molecule has 2 bridgehead atoms. The first-order chi connectivity index (χ1) is 17.2. The molecule has 6 rings (SSSR count). The molecule has 0 radical (unpaired) electrons. The van der Waals surface area contributed by atoms with E-state index in [1.807, 2.05) is 32.9 Å². The van der Waals surface area contributed by atoms with Crippen LogP contribution >= 0.6 is 0 Å². The van der Waals surface area contributed by atoms with Crippen LogP contribution in [0.2, 0.25) is 0 Å². The van der Waals surface area contributed by atoms with Crippen molar-refractivity contribution in [1.29, 1.82) is 0 Å². The topological polar surface area (TPSA) is 60.0 Å². The molecule has 1 aliphatic carbocycles. The van der Waals surface area contributed by atoms with Gasteiger partial charge in [0.25, 0.3) is 0 Å². The first-order valence-electron chi connectivity index (χ1n) is 13.5. The summed E-state index contributed by atoms with van der Waals surface area (Å²) >= 11 is 0. The van der Waals surface area contributed by atoms with Gasteiger partial charge in [-0.1, -0.05) is 26.0 Å². The van der Waals surface area contributed by atoms with E-state index in [-0.39, 0.29) is 29.8 Å². The highest BCUT2D eigenvalue weighted by molar-refractivity contribution is 5.74. The fourth-order valence-corrected chi connectivity index (χ4v) is 6.17. The molecule has 6 nitrogen and oxygen atoms in total. The Morgan fingerprint density at radius 2 is 1.86 bits per heavy atom. The quantitative estimate of drug-likeness (QED) is 0.515. The average Bonchev–Trinajstić information content (AvgIpc) is 3.08. The maximum absolute atomic E-state index is 13.1. The van der Waals surface area contributed by atoms with E-state index in [0.717, 1.165) is 67.1 Å². The molecule has 1 N–H and O–H groups in total. The minimum Gasteiger partial charge on any atom is -0.493 e. The normalized spacial score (nSPS) is 25.9. The molecular formula is C30H40N2O4. The van der Waals surface area contributed by atoms with Gasteiger partial charge in [-0.2, -0.15) is 0 Å². The Morgan fingerprint density at radius 1 is 1.14 bits per heavy atom. The Kier molecular flexibility index (Phi) is 6.90. The summed E-state index contributed by atoms with van der Waals surface area (Å²) < 4.78 is 17.9. The van der Waals surface area contributed by atoms with Crippen molar-refractivity contribution in [2.24, 2.45) is 11.3 Å². The Bertz CT molecular complexity index is 1090. The molecule has 3 fully saturated rings. The summed E-state index contributed by atoms with van der Waals surface area (Å²) in [6.45, 7) is 14.2. The number of carbonyl (C=O) groups is 1. The maximum Gasteiger partial charge on any atom is 0.407 e. The highest BCUT2D eigenvalue weighted by Gasteiger charge is 2.42. The average molecular weight is 493 g/mol. The van der Waals surface area contributed by atoms with Gasteiger partial charge >= 0.3 is 6.09 Å². The highest BCUT2D eigenvalue weighted by Crippen LogP contribution is 2.49. The molecule has 0 saturated carbocycles. The number of carbonyl (C=O) groups excluding carboxylic acids is 1. The second-order valence-corrected chi connectivity index (χ2v) is 11.5. The van der Waals surface area contributed by atoms with Gasteiger partial charge in [0.15, 0.2) is 0 Å². The van der Waals surface area contributed by atoms with Gasteiger partial charge in [-0.05, 0) is 105 Å². The fourth-order valence-electron chi connectivity index (χ4n) is 6.17. The summed E-state index contributed by atoms with van der Waals surface area (Å²) in [6, 6.07) is 12.4. The smallest absolute Gasteiger partial charge is 0.407 e. The molecule has 194 valence electrons. The fraction of sp³-hybridized carbons (Fsp3) is 0.567. The minimum absolute atomic E-state index is 0.000458. The predicted molar refractivity (Wildman–Crippen MR) is 142 cm³/mol. The molecule has 3 aliphatic heterocycles. The van der Waals surface area contributed by atoms with E-state index >= 15 is 0 Å². The summed E-state index contributed by atoms with van der Waals surface area (Å²) in [7, 11) is 0. The largest absolute Gasteiger partial charge is 0.493 e. The minimum atomic E-state index is -0.303. The second kappa shape index (κ2) is 9.97. The number of fused-ring (bicyclic) bond motifs is 4. The van der Waals surface area contributed by atoms with E-state index in [4.69, 9.17) is 14.2 Å². The zero-order valence-electron chi connectivity index (χ0n) is 22.3. The number of hydrogen-bond donors (Lipinski definition) is 1. The molecule has 1 amide bonds. The monoisotopic (exact) mass is 492 g/mol. The van der Waals surface area contributed by atoms with Gasteiger partial charge in [0.1, 0.15) is 17.6 Å². The van der Waals surface area contributed by atoms with Crippen LogP contribution in [0.4, 0.5) is 4.79 Å². The number of hydrogen-bond acceptors (Lipinski definition) is 5. The maximum atomic E-state index is 13.1. The van der Waals surface area contributed by atoms with Gasteiger partial charge < -0.3 is 19.5 Å². The van der Waals surface area contributed by atoms with E-state index in [0.29, 0.717) is 12.5 Å². The van der Waals surface area contributed by atoms with Crippen LogP contribution in [0.1, 0.15) is 64.6 Å². The van der Waals surface area contributed by atoms with Gasteiger partial charge in [0.05, 0.1) is 18.8 Å².